The molecule has 5 nitrogen and oxygen atoms in total. The monoisotopic (exact) mass is 406 g/mol. The summed E-state index contributed by atoms with van der Waals surface area (Å²) < 4.78 is 27.0. The van der Waals surface area contributed by atoms with Crippen molar-refractivity contribution in [3.05, 3.63) is 46.7 Å². The summed E-state index contributed by atoms with van der Waals surface area (Å²) in [6.07, 6.45) is 3.95. The summed E-state index contributed by atoms with van der Waals surface area (Å²) in [5.74, 6) is 0.529. The van der Waals surface area contributed by atoms with Crippen LogP contribution in [0.25, 0.3) is 0 Å². The predicted molar refractivity (Wildman–Crippen MR) is 109 cm³/mol. The van der Waals surface area contributed by atoms with Crippen LogP contribution in [-0.2, 0) is 21.2 Å². The Balaban J connectivity index is 1.52. The van der Waals surface area contributed by atoms with Gasteiger partial charge in [0, 0.05) is 30.1 Å². The maximum Gasteiger partial charge on any atom is 0.243 e. The van der Waals surface area contributed by atoms with E-state index in [2.05, 4.69) is 18.3 Å². The molecule has 1 amide bonds. The number of carbonyl (C=O) groups is 1. The van der Waals surface area contributed by atoms with Crippen molar-refractivity contribution in [1.82, 2.24) is 4.31 Å². The highest BCUT2D eigenvalue weighted by Gasteiger charge is 2.27. The lowest BCUT2D eigenvalue weighted by molar-refractivity contribution is -0.116. The van der Waals surface area contributed by atoms with Crippen molar-refractivity contribution in [2.75, 3.05) is 18.4 Å². The number of carbonyl (C=O) groups excluding carboxylic acids is 1. The number of benzene rings is 1. The van der Waals surface area contributed by atoms with E-state index in [1.165, 1.54) is 4.88 Å². The summed E-state index contributed by atoms with van der Waals surface area (Å²) in [5.41, 5.74) is 0.627. The molecule has 0 atom stereocenters. The smallest absolute Gasteiger partial charge is 0.243 e. The van der Waals surface area contributed by atoms with Crippen LogP contribution in [0.1, 0.15) is 37.5 Å². The topological polar surface area (TPSA) is 66.5 Å². The van der Waals surface area contributed by atoms with Gasteiger partial charge in [-0.25, -0.2) is 8.42 Å². The average Bonchev–Trinajstić information content (AvgIpc) is 3.16. The van der Waals surface area contributed by atoms with Crippen LogP contribution >= 0.6 is 11.3 Å². The van der Waals surface area contributed by atoms with Gasteiger partial charge in [-0.15, -0.1) is 11.3 Å². The van der Waals surface area contributed by atoms with Gasteiger partial charge in [-0.3, -0.25) is 4.79 Å². The van der Waals surface area contributed by atoms with Crippen LogP contribution in [0.4, 0.5) is 5.69 Å². The fourth-order valence-corrected chi connectivity index (χ4v) is 5.41. The molecule has 1 aromatic heterocycles. The zero-order chi connectivity index (χ0) is 19.3. The molecule has 146 valence electrons. The predicted octanol–water partition coefficient (Wildman–Crippen LogP) is 4.13. The van der Waals surface area contributed by atoms with Crippen molar-refractivity contribution in [1.29, 1.82) is 0 Å². The zero-order valence-electron chi connectivity index (χ0n) is 15.6. The van der Waals surface area contributed by atoms with Crippen molar-refractivity contribution in [3.63, 3.8) is 0 Å². The van der Waals surface area contributed by atoms with Crippen LogP contribution in [0.5, 0.6) is 0 Å². The normalized spacial score (nSPS) is 16.3. The molecule has 0 unspecified atom stereocenters. The number of amides is 1. The number of thiophene rings is 1. The van der Waals surface area contributed by atoms with Gasteiger partial charge in [0.1, 0.15) is 0 Å². The van der Waals surface area contributed by atoms with Crippen LogP contribution in [0.2, 0.25) is 0 Å². The van der Waals surface area contributed by atoms with E-state index < -0.39 is 10.0 Å². The van der Waals surface area contributed by atoms with Crippen LogP contribution < -0.4 is 5.32 Å². The number of rotatable bonds is 7. The Labute approximate surface area is 165 Å². The van der Waals surface area contributed by atoms with E-state index in [0.29, 0.717) is 31.1 Å². The summed E-state index contributed by atoms with van der Waals surface area (Å²) in [6, 6.07) is 10.6. The Morgan fingerprint density at radius 1 is 1.19 bits per heavy atom. The summed E-state index contributed by atoms with van der Waals surface area (Å²) >= 11 is 1.70. The maximum absolute atomic E-state index is 12.7. The van der Waals surface area contributed by atoms with E-state index in [9.17, 15) is 13.2 Å². The van der Waals surface area contributed by atoms with Crippen molar-refractivity contribution >= 4 is 33.0 Å². The van der Waals surface area contributed by atoms with E-state index >= 15 is 0 Å². The van der Waals surface area contributed by atoms with Crippen LogP contribution in [0.15, 0.2) is 46.7 Å². The van der Waals surface area contributed by atoms with Crippen LogP contribution in [-0.4, -0.2) is 31.7 Å². The molecule has 7 heteroatoms. The van der Waals surface area contributed by atoms with Gasteiger partial charge in [-0.05, 0) is 67.3 Å². The minimum atomic E-state index is -3.45. The second-order valence-corrected chi connectivity index (χ2v) is 10.1. The van der Waals surface area contributed by atoms with Gasteiger partial charge < -0.3 is 5.32 Å². The first kappa shape index (κ1) is 20.0. The van der Waals surface area contributed by atoms with Gasteiger partial charge in [0.25, 0.3) is 0 Å². The molecule has 1 saturated heterocycles. The molecule has 0 aliphatic carbocycles. The molecule has 0 saturated carbocycles. The third-order valence-corrected chi connectivity index (χ3v) is 7.77. The number of anilines is 1. The molecule has 27 heavy (non-hydrogen) atoms. The van der Waals surface area contributed by atoms with Crippen molar-refractivity contribution in [2.24, 2.45) is 5.92 Å². The number of aryl methyl sites for hydroxylation is 1. The highest BCUT2D eigenvalue weighted by molar-refractivity contribution is 7.89. The number of hydrogen-bond acceptors (Lipinski definition) is 4. The first-order valence-electron chi connectivity index (χ1n) is 9.37. The Hall–Kier alpha value is -1.70. The second-order valence-electron chi connectivity index (χ2n) is 7.09. The average molecular weight is 407 g/mol. The van der Waals surface area contributed by atoms with Gasteiger partial charge in [0.05, 0.1) is 4.90 Å². The van der Waals surface area contributed by atoms with E-state index in [1.54, 1.807) is 39.9 Å². The van der Waals surface area contributed by atoms with Gasteiger partial charge in [0.2, 0.25) is 15.9 Å². The maximum atomic E-state index is 12.7. The van der Waals surface area contributed by atoms with Crippen LogP contribution in [0, 0.1) is 5.92 Å². The largest absolute Gasteiger partial charge is 0.326 e. The summed E-state index contributed by atoms with van der Waals surface area (Å²) in [5, 5.41) is 4.88. The number of nitrogens with zero attached hydrogens (tertiary/aromatic N) is 1. The van der Waals surface area contributed by atoms with Gasteiger partial charge in [-0.1, -0.05) is 13.0 Å². The Morgan fingerprint density at radius 3 is 2.52 bits per heavy atom. The Kier molecular flexibility index (Phi) is 6.68. The zero-order valence-corrected chi connectivity index (χ0v) is 17.2. The van der Waals surface area contributed by atoms with Crippen LogP contribution in [0.3, 0.4) is 0 Å². The first-order chi connectivity index (χ1) is 12.9. The first-order valence-corrected chi connectivity index (χ1v) is 11.7. The summed E-state index contributed by atoms with van der Waals surface area (Å²) in [7, 11) is -3.45. The van der Waals surface area contributed by atoms with Crippen molar-refractivity contribution < 1.29 is 13.2 Å². The molecular weight excluding hydrogens is 380 g/mol. The highest BCUT2D eigenvalue weighted by atomic mass is 32.2. The molecule has 1 aromatic carbocycles. The number of nitrogens with one attached hydrogen (secondary N) is 1. The molecule has 1 aliphatic rings. The minimum absolute atomic E-state index is 0.0489. The van der Waals surface area contributed by atoms with E-state index in [-0.39, 0.29) is 10.8 Å². The molecule has 0 spiro atoms. The summed E-state index contributed by atoms with van der Waals surface area (Å²) in [6.45, 7) is 3.31. The molecule has 1 N–H and O–H groups in total. The van der Waals surface area contributed by atoms with Gasteiger partial charge in [-0.2, -0.15) is 4.31 Å². The summed E-state index contributed by atoms with van der Waals surface area (Å²) in [4.78, 5) is 13.6. The van der Waals surface area contributed by atoms with Gasteiger partial charge >= 0.3 is 0 Å². The molecule has 2 aromatic rings. The molecule has 3 rings (SSSR count). The molecule has 1 fully saturated rings. The third kappa shape index (κ3) is 5.40. The molecule has 2 heterocycles. The standard InChI is InChI=1S/C20H26N2O3S2/c1-16-11-13-22(14-12-16)27(24,25)19-9-7-17(8-10-19)21-20(23)6-2-4-18-5-3-15-26-18/h3,5,7-10,15-16H,2,4,6,11-14H2,1H3,(H,21,23). The number of hydrogen-bond donors (Lipinski definition) is 1. The lowest BCUT2D eigenvalue weighted by atomic mass is 10.0. The van der Waals surface area contributed by atoms with E-state index in [4.69, 9.17) is 0 Å². The second kappa shape index (κ2) is 8.99. The molecular formula is C20H26N2O3S2. The van der Waals surface area contributed by atoms with E-state index in [0.717, 1.165) is 25.7 Å². The molecule has 0 radical (unpaired) electrons. The SMILES string of the molecule is CC1CCN(S(=O)(=O)c2ccc(NC(=O)CCCc3cccs3)cc2)CC1. The van der Waals surface area contributed by atoms with E-state index in [1.807, 2.05) is 11.4 Å². The quantitative estimate of drug-likeness (QED) is 0.752. The fourth-order valence-electron chi connectivity index (χ4n) is 3.19. The Morgan fingerprint density at radius 2 is 1.89 bits per heavy atom. The third-order valence-electron chi connectivity index (χ3n) is 4.93. The van der Waals surface area contributed by atoms with Gasteiger partial charge in [0.15, 0.2) is 0 Å². The number of piperidine rings is 1. The van der Waals surface area contributed by atoms with Crippen molar-refractivity contribution in [2.45, 2.75) is 43.9 Å². The molecule has 0 bridgehead atoms. The van der Waals surface area contributed by atoms with Crippen molar-refractivity contribution in [3.8, 4) is 0 Å². The lowest BCUT2D eigenvalue weighted by Gasteiger charge is -2.29. The fraction of sp³-hybridized carbons (Fsp3) is 0.450. The minimum Gasteiger partial charge on any atom is -0.326 e. The molecule has 1 aliphatic heterocycles. The highest BCUT2D eigenvalue weighted by Crippen LogP contribution is 2.24. The number of sulfonamides is 1. The lowest BCUT2D eigenvalue weighted by Crippen LogP contribution is -2.37. The Bertz CT molecular complexity index is 838.